The number of halogens is 5. The molecule has 8 nitrogen and oxygen atoms in total. The third kappa shape index (κ3) is 5.26. The first-order chi connectivity index (χ1) is 16.6. The molecule has 2 bridgehead atoms. The fourth-order valence-corrected chi connectivity index (χ4v) is 4.96. The standard InChI is InChI=1S/C22H22ClF4N7O/c1-12-6-18(29-11-28-12)33-8-13-2-3-14(9-33)19(13)30-20-31-21(34(32-20)10-22(25,26)27)35-15-4-5-17(24)16(23)7-15/h4-7,11,13-14,19H,2-3,8-10H2,1H3,(H,30,32)/t13-,14+,19+. The van der Waals surface area contributed by atoms with Crippen molar-refractivity contribution in [2.75, 3.05) is 23.3 Å². The van der Waals surface area contributed by atoms with Gasteiger partial charge in [0.1, 0.15) is 30.3 Å². The van der Waals surface area contributed by atoms with E-state index in [1.54, 1.807) is 6.33 Å². The summed E-state index contributed by atoms with van der Waals surface area (Å²) in [4.78, 5) is 14.9. The molecule has 0 spiro atoms. The first-order valence-electron chi connectivity index (χ1n) is 11.1. The molecule has 2 aromatic heterocycles. The predicted octanol–water partition coefficient (Wildman–Crippen LogP) is 4.85. The molecule has 3 heterocycles. The number of hydrogen-bond acceptors (Lipinski definition) is 7. The minimum absolute atomic E-state index is 0.00374. The molecule has 3 atom stereocenters. The molecule has 1 aromatic carbocycles. The summed E-state index contributed by atoms with van der Waals surface area (Å²) in [6.07, 6.45) is -1.04. The van der Waals surface area contributed by atoms with Gasteiger partial charge in [-0.3, -0.25) is 0 Å². The van der Waals surface area contributed by atoms with Gasteiger partial charge in [-0.25, -0.2) is 19.0 Å². The highest BCUT2D eigenvalue weighted by molar-refractivity contribution is 6.30. The van der Waals surface area contributed by atoms with Gasteiger partial charge < -0.3 is 15.0 Å². The molecule has 2 aliphatic rings. The fourth-order valence-electron chi connectivity index (χ4n) is 4.79. The number of alkyl halides is 3. The van der Waals surface area contributed by atoms with Crippen LogP contribution in [0, 0.1) is 24.6 Å². The van der Waals surface area contributed by atoms with Crippen LogP contribution in [0.25, 0.3) is 0 Å². The number of hydrogen-bond donors (Lipinski definition) is 1. The molecule has 1 N–H and O–H groups in total. The van der Waals surface area contributed by atoms with Gasteiger partial charge in [0, 0.05) is 37.0 Å². The maximum Gasteiger partial charge on any atom is 0.408 e. The van der Waals surface area contributed by atoms with Gasteiger partial charge in [-0.1, -0.05) is 11.6 Å². The molecule has 5 rings (SSSR count). The summed E-state index contributed by atoms with van der Waals surface area (Å²) in [6, 6.07) is 5.07. The molecule has 186 valence electrons. The maximum atomic E-state index is 13.4. The van der Waals surface area contributed by atoms with Crippen LogP contribution < -0.4 is 15.0 Å². The lowest BCUT2D eigenvalue weighted by molar-refractivity contribution is -0.143. The van der Waals surface area contributed by atoms with Crippen molar-refractivity contribution in [3.63, 3.8) is 0 Å². The van der Waals surface area contributed by atoms with Crippen molar-refractivity contribution in [1.29, 1.82) is 0 Å². The Bertz CT molecular complexity index is 1210. The van der Waals surface area contributed by atoms with Crippen LogP contribution in [-0.2, 0) is 6.54 Å². The van der Waals surface area contributed by atoms with Crippen molar-refractivity contribution in [3.05, 3.63) is 47.1 Å². The van der Waals surface area contributed by atoms with Gasteiger partial charge in [0.05, 0.1) is 5.02 Å². The largest absolute Gasteiger partial charge is 0.424 e. The molecule has 1 aliphatic heterocycles. The van der Waals surface area contributed by atoms with Crippen molar-refractivity contribution < 1.29 is 22.3 Å². The SMILES string of the molecule is Cc1cc(N2C[C@H]3CC[C@@H](C2)[C@H]3Nc2nc(Oc3ccc(F)c(Cl)c3)n(CC(F)(F)F)n2)ncn1. The zero-order valence-electron chi connectivity index (χ0n) is 18.6. The monoisotopic (exact) mass is 511 g/mol. The quantitative estimate of drug-likeness (QED) is 0.474. The highest BCUT2D eigenvalue weighted by Gasteiger charge is 2.43. The van der Waals surface area contributed by atoms with Gasteiger partial charge in [-0.05, 0) is 43.7 Å². The molecule has 0 radical (unpaired) electrons. The molecule has 3 aromatic rings. The predicted molar refractivity (Wildman–Crippen MR) is 120 cm³/mol. The van der Waals surface area contributed by atoms with Crippen molar-refractivity contribution in [2.24, 2.45) is 11.8 Å². The molecule has 0 amide bonds. The summed E-state index contributed by atoms with van der Waals surface area (Å²) >= 11 is 5.76. The molecule has 1 aliphatic carbocycles. The summed E-state index contributed by atoms with van der Waals surface area (Å²) in [5, 5.41) is 7.05. The Morgan fingerprint density at radius 3 is 2.54 bits per heavy atom. The van der Waals surface area contributed by atoms with E-state index in [2.05, 4.69) is 30.3 Å². The van der Waals surface area contributed by atoms with E-state index in [4.69, 9.17) is 16.3 Å². The van der Waals surface area contributed by atoms with Crippen molar-refractivity contribution in [2.45, 2.75) is 38.5 Å². The van der Waals surface area contributed by atoms with Crippen LogP contribution in [0.15, 0.2) is 30.6 Å². The lowest BCUT2D eigenvalue weighted by atomic mass is 9.92. The Balaban J connectivity index is 1.34. The second-order valence-electron chi connectivity index (χ2n) is 8.86. The van der Waals surface area contributed by atoms with Crippen molar-refractivity contribution in [1.82, 2.24) is 24.7 Å². The minimum atomic E-state index is -4.54. The first kappa shape index (κ1) is 23.6. The van der Waals surface area contributed by atoms with Crippen LogP contribution in [0.5, 0.6) is 11.8 Å². The van der Waals surface area contributed by atoms with E-state index in [0.29, 0.717) is 4.68 Å². The van der Waals surface area contributed by atoms with Crippen LogP contribution in [0.4, 0.5) is 29.3 Å². The van der Waals surface area contributed by atoms with Gasteiger partial charge in [0.15, 0.2) is 0 Å². The zero-order chi connectivity index (χ0) is 24.7. The molecule has 1 saturated heterocycles. The van der Waals surface area contributed by atoms with Crippen molar-refractivity contribution >= 4 is 23.4 Å². The average Bonchev–Trinajstić information content (AvgIpc) is 3.24. The van der Waals surface area contributed by atoms with Gasteiger partial charge in [-0.2, -0.15) is 18.2 Å². The second-order valence-corrected chi connectivity index (χ2v) is 9.27. The molecule has 35 heavy (non-hydrogen) atoms. The topological polar surface area (TPSA) is 81.0 Å². The van der Waals surface area contributed by atoms with Gasteiger partial charge in [0.2, 0.25) is 5.95 Å². The number of anilines is 2. The van der Waals surface area contributed by atoms with E-state index >= 15 is 0 Å². The highest BCUT2D eigenvalue weighted by atomic mass is 35.5. The zero-order valence-corrected chi connectivity index (χ0v) is 19.4. The number of nitrogens with zero attached hydrogens (tertiary/aromatic N) is 6. The summed E-state index contributed by atoms with van der Waals surface area (Å²) < 4.78 is 59.1. The molecular weight excluding hydrogens is 490 g/mol. The summed E-state index contributed by atoms with van der Waals surface area (Å²) in [6.45, 7) is 2.04. The summed E-state index contributed by atoms with van der Waals surface area (Å²) in [5.74, 6) is 0.793. The number of ether oxygens (including phenoxy) is 1. The number of fused-ring (bicyclic) bond motifs is 2. The summed E-state index contributed by atoms with van der Waals surface area (Å²) in [5.41, 5.74) is 0.886. The third-order valence-electron chi connectivity index (χ3n) is 6.31. The van der Waals surface area contributed by atoms with Gasteiger partial charge in [-0.15, -0.1) is 5.10 Å². The van der Waals surface area contributed by atoms with Gasteiger partial charge >= 0.3 is 12.2 Å². The number of aryl methyl sites for hydroxylation is 1. The maximum absolute atomic E-state index is 13.4. The lowest BCUT2D eigenvalue weighted by Gasteiger charge is -2.38. The molecule has 2 fully saturated rings. The van der Waals surface area contributed by atoms with Crippen LogP contribution in [0.3, 0.4) is 0 Å². The fraction of sp³-hybridized carbons (Fsp3) is 0.455. The third-order valence-corrected chi connectivity index (χ3v) is 6.60. The highest BCUT2D eigenvalue weighted by Crippen LogP contribution is 2.40. The number of benzene rings is 1. The van der Waals surface area contributed by atoms with E-state index in [1.807, 2.05) is 13.0 Å². The number of nitrogens with one attached hydrogen (secondary N) is 1. The van der Waals surface area contributed by atoms with E-state index in [9.17, 15) is 17.6 Å². The number of aromatic nitrogens is 5. The van der Waals surface area contributed by atoms with Crippen LogP contribution in [0.1, 0.15) is 18.5 Å². The smallest absolute Gasteiger partial charge is 0.408 e. The minimum Gasteiger partial charge on any atom is -0.424 e. The number of piperidine rings is 1. The van der Waals surface area contributed by atoms with Crippen LogP contribution >= 0.6 is 11.6 Å². The van der Waals surface area contributed by atoms with E-state index in [0.717, 1.165) is 43.5 Å². The van der Waals surface area contributed by atoms with E-state index < -0.39 is 18.5 Å². The van der Waals surface area contributed by atoms with E-state index in [1.165, 1.54) is 12.1 Å². The average molecular weight is 512 g/mol. The van der Waals surface area contributed by atoms with Crippen molar-refractivity contribution in [3.8, 4) is 11.8 Å². The van der Waals surface area contributed by atoms with Crippen LogP contribution in [0.2, 0.25) is 5.02 Å². The summed E-state index contributed by atoms with van der Waals surface area (Å²) in [7, 11) is 0. The first-order valence-corrected chi connectivity index (χ1v) is 11.5. The Morgan fingerprint density at radius 1 is 1.14 bits per heavy atom. The van der Waals surface area contributed by atoms with E-state index in [-0.39, 0.29) is 40.6 Å². The second kappa shape index (κ2) is 9.14. The Kier molecular flexibility index (Phi) is 6.16. The van der Waals surface area contributed by atoms with Gasteiger partial charge in [0.25, 0.3) is 0 Å². The van der Waals surface area contributed by atoms with Crippen LogP contribution in [-0.4, -0.2) is 50.0 Å². The molecule has 0 unspecified atom stereocenters. The Labute approximate surface area is 203 Å². The Morgan fingerprint density at radius 2 is 1.89 bits per heavy atom. The molecule has 13 heteroatoms. The normalized spacial score (nSPS) is 21.9. The molecular formula is C22H22ClF4N7O. The lowest BCUT2D eigenvalue weighted by Crippen LogP contribution is -2.48. The number of rotatable bonds is 6. The Hall–Kier alpha value is -3.15. The molecule has 1 saturated carbocycles.